The number of ether oxygens (including phenoxy) is 1. The lowest BCUT2D eigenvalue weighted by molar-refractivity contribution is -0.148. The molecule has 1 N–H and O–H groups in total. The van der Waals surface area contributed by atoms with Crippen molar-refractivity contribution in [3.8, 4) is 0 Å². The lowest BCUT2D eigenvalue weighted by Gasteiger charge is -2.31. The van der Waals surface area contributed by atoms with Crippen LogP contribution in [0, 0.1) is 5.92 Å². The number of esters is 1. The summed E-state index contributed by atoms with van der Waals surface area (Å²) < 4.78 is 5.19. The maximum Gasteiger partial charge on any atom is 0.309 e. The molecule has 0 saturated carbocycles. The number of carbonyl (C=O) groups excluding carboxylic acids is 2. The van der Waals surface area contributed by atoms with E-state index >= 15 is 0 Å². The zero-order valence-electron chi connectivity index (χ0n) is 22.0. The van der Waals surface area contributed by atoms with Gasteiger partial charge in [-0.2, -0.15) is 0 Å². The summed E-state index contributed by atoms with van der Waals surface area (Å²) in [7, 11) is 0. The van der Waals surface area contributed by atoms with Crippen LogP contribution in [0.4, 0.5) is 5.82 Å². The highest BCUT2D eigenvalue weighted by Gasteiger charge is 2.27. The minimum Gasteiger partial charge on any atom is -0.466 e. The van der Waals surface area contributed by atoms with Crippen LogP contribution in [0.15, 0.2) is 84.9 Å². The SMILES string of the molecule is CCOC(=O)C1CCN(c2ccc3c(C(=O)NCC(c4ccccc4)c4ccccc4)c(Cl)ccc3n2)CC1. The van der Waals surface area contributed by atoms with Gasteiger partial charge in [0.1, 0.15) is 5.82 Å². The first-order valence-electron chi connectivity index (χ1n) is 13.4. The minimum atomic E-state index is -0.229. The zero-order chi connectivity index (χ0) is 27.2. The average Bonchev–Trinajstić information content (AvgIpc) is 2.98. The van der Waals surface area contributed by atoms with E-state index in [4.69, 9.17) is 21.3 Å². The smallest absolute Gasteiger partial charge is 0.309 e. The van der Waals surface area contributed by atoms with Crippen LogP contribution in [0.2, 0.25) is 5.02 Å². The zero-order valence-corrected chi connectivity index (χ0v) is 22.7. The number of rotatable bonds is 8. The van der Waals surface area contributed by atoms with Gasteiger partial charge in [-0.05, 0) is 55.2 Å². The molecule has 1 aliphatic rings. The molecule has 2 heterocycles. The van der Waals surface area contributed by atoms with Crippen LogP contribution in [0.1, 0.15) is 47.2 Å². The number of halogens is 1. The molecule has 0 atom stereocenters. The molecule has 0 bridgehead atoms. The molecule has 0 spiro atoms. The fourth-order valence-corrected chi connectivity index (χ4v) is 5.51. The number of fused-ring (bicyclic) bond motifs is 1. The van der Waals surface area contributed by atoms with Gasteiger partial charge in [-0.3, -0.25) is 9.59 Å². The Hall–Kier alpha value is -3.90. The molecule has 1 aromatic heterocycles. The summed E-state index contributed by atoms with van der Waals surface area (Å²) in [5, 5.41) is 4.23. The number of piperidine rings is 1. The molecule has 39 heavy (non-hydrogen) atoms. The van der Waals surface area contributed by atoms with Crippen molar-refractivity contribution in [1.82, 2.24) is 10.3 Å². The predicted molar refractivity (Wildman–Crippen MR) is 155 cm³/mol. The van der Waals surface area contributed by atoms with Gasteiger partial charge < -0.3 is 15.0 Å². The Bertz CT molecular complexity index is 1400. The Morgan fingerprint density at radius 3 is 2.21 bits per heavy atom. The molecule has 1 aliphatic heterocycles. The average molecular weight is 542 g/mol. The van der Waals surface area contributed by atoms with Gasteiger partial charge in [0.2, 0.25) is 0 Å². The fourth-order valence-electron chi connectivity index (χ4n) is 5.26. The number of carbonyl (C=O) groups is 2. The van der Waals surface area contributed by atoms with Crippen molar-refractivity contribution in [1.29, 1.82) is 0 Å². The maximum atomic E-state index is 13.5. The molecule has 6 nitrogen and oxygen atoms in total. The van der Waals surface area contributed by atoms with E-state index in [0.29, 0.717) is 34.6 Å². The number of hydrogen-bond acceptors (Lipinski definition) is 5. The van der Waals surface area contributed by atoms with Gasteiger partial charge in [0.25, 0.3) is 5.91 Å². The second-order valence-electron chi connectivity index (χ2n) is 9.76. The van der Waals surface area contributed by atoms with Crippen LogP contribution in [-0.4, -0.2) is 43.1 Å². The number of nitrogens with one attached hydrogen (secondary N) is 1. The molecule has 0 aliphatic carbocycles. The first-order chi connectivity index (χ1) is 19.0. The lowest BCUT2D eigenvalue weighted by atomic mass is 9.91. The molecule has 3 aromatic carbocycles. The summed E-state index contributed by atoms with van der Waals surface area (Å²) in [5.74, 6) is 0.424. The van der Waals surface area contributed by atoms with E-state index in [9.17, 15) is 9.59 Å². The minimum absolute atomic E-state index is 0.00682. The topological polar surface area (TPSA) is 71.5 Å². The molecule has 5 rings (SSSR count). The highest BCUT2D eigenvalue weighted by atomic mass is 35.5. The van der Waals surface area contributed by atoms with Crippen LogP contribution in [0.25, 0.3) is 10.9 Å². The first-order valence-corrected chi connectivity index (χ1v) is 13.8. The molecule has 7 heteroatoms. The third-order valence-electron chi connectivity index (χ3n) is 7.34. The van der Waals surface area contributed by atoms with Gasteiger partial charge in [-0.1, -0.05) is 72.3 Å². The summed E-state index contributed by atoms with van der Waals surface area (Å²) in [6, 6.07) is 27.8. The van der Waals surface area contributed by atoms with Crippen LogP contribution < -0.4 is 10.2 Å². The standard InChI is InChI=1S/C32H32ClN3O3/c1-2-39-32(38)24-17-19-36(20-18-24)29-16-13-25-28(35-29)15-14-27(33)30(25)31(37)34-21-26(22-9-5-3-6-10-22)23-11-7-4-8-12-23/h3-16,24,26H,2,17-21H2,1H3,(H,34,37). The summed E-state index contributed by atoms with van der Waals surface area (Å²) in [4.78, 5) is 32.6. The Morgan fingerprint density at radius 1 is 0.949 bits per heavy atom. The summed E-state index contributed by atoms with van der Waals surface area (Å²) >= 11 is 6.56. The Morgan fingerprint density at radius 2 is 1.59 bits per heavy atom. The molecule has 0 radical (unpaired) electrons. The molecule has 1 saturated heterocycles. The van der Waals surface area contributed by atoms with Crippen molar-refractivity contribution in [2.45, 2.75) is 25.7 Å². The van der Waals surface area contributed by atoms with E-state index in [1.165, 1.54) is 0 Å². The van der Waals surface area contributed by atoms with Crippen LogP contribution in [0.3, 0.4) is 0 Å². The van der Waals surface area contributed by atoms with Gasteiger partial charge in [-0.15, -0.1) is 0 Å². The van der Waals surface area contributed by atoms with Gasteiger partial charge >= 0.3 is 5.97 Å². The number of amides is 1. The lowest BCUT2D eigenvalue weighted by Crippen LogP contribution is -2.37. The van der Waals surface area contributed by atoms with E-state index < -0.39 is 0 Å². The van der Waals surface area contributed by atoms with Crippen molar-refractivity contribution in [3.63, 3.8) is 0 Å². The van der Waals surface area contributed by atoms with Crippen molar-refractivity contribution in [2.75, 3.05) is 31.1 Å². The van der Waals surface area contributed by atoms with E-state index in [2.05, 4.69) is 34.5 Å². The molecule has 1 fully saturated rings. The number of pyridine rings is 1. The first kappa shape index (κ1) is 26.7. The predicted octanol–water partition coefficient (Wildman–Crippen LogP) is 6.23. The van der Waals surface area contributed by atoms with Gasteiger partial charge in [0, 0.05) is 30.9 Å². The number of anilines is 1. The van der Waals surface area contributed by atoms with Gasteiger partial charge in [0.15, 0.2) is 0 Å². The molecule has 200 valence electrons. The number of benzene rings is 3. The van der Waals surface area contributed by atoms with Gasteiger partial charge in [0.05, 0.1) is 28.6 Å². The van der Waals surface area contributed by atoms with E-state index in [1.807, 2.05) is 61.5 Å². The van der Waals surface area contributed by atoms with Crippen LogP contribution >= 0.6 is 11.6 Å². The molecule has 4 aromatic rings. The quantitative estimate of drug-likeness (QED) is 0.268. The third-order valence-corrected chi connectivity index (χ3v) is 7.66. The fraction of sp³-hybridized carbons (Fsp3) is 0.281. The summed E-state index contributed by atoms with van der Waals surface area (Å²) in [5.41, 5.74) is 3.39. The normalized spacial score (nSPS) is 14.0. The highest BCUT2D eigenvalue weighted by Crippen LogP contribution is 2.30. The van der Waals surface area contributed by atoms with Crippen LogP contribution in [0.5, 0.6) is 0 Å². The van der Waals surface area contributed by atoms with E-state index in [1.54, 1.807) is 6.07 Å². The maximum absolute atomic E-state index is 13.5. The summed E-state index contributed by atoms with van der Waals surface area (Å²) in [6.45, 7) is 4.12. The second-order valence-corrected chi connectivity index (χ2v) is 10.2. The van der Waals surface area contributed by atoms with Crippen molar-refractivity contribution >= 4 is 40.2 Å². The highest BCUT2D eigenvalue weighted by molar-refractivity contribution is 6.35. The number of hydrogen-bond donors (Lipinski definition) is 1. The number of nitrogens with zero attached hydrogens (tertiary/aromatic N) is 2. The number of aromatic nitrogens is 1. The van der Waals surface area contributed by atoms with E-state index in [-0.39, 0.29) is 23.7 Å². The van der Waals surface area contributed by atoms with Gasteiger partial charge in [-0.25, -0.2) is 4.98 Å². The van der Waals surface area contributed by atoms with E-state index in [0.717, 1.165) is 42.9 Å². The Kier molecular flexibility index (Phi) is 8.42. The van der Waals surface area contributed by atoms with Crippen molar-refractivity contribution in [2.24, 2.45) is 5.92 Å². The molecular weight excluding hydrogens is 510 g/mol. The Balaban J connectivity index is 1.34. The van der Waals surface area contributed by atoms with Crippen molar-refractivity contribution < 1.29 is 14.3 Å². The molecule has 1 amide bonds. The Labute approximate surface area is 234 Å². The third kappa shape index (κ3) is 6.07. The molecule has 0 unspecified atom stereocenters. The second kappa shape index (κ2) is 12.3. The monoisotopic (exact) mass is 541 g/mol. The summed E-state index contributed by atoms with van der Waals surface area (Å²) in [6.07, 6.45) is 1.47. The molecular formula is C32H32ClN3O3. The largest absolute Gasteiger partial charge is 0.466 e. The van der Waals surface area contributed by atoms with Crippen molar-refractivity contribution in [3.05, 3.63) is 107 Å². The van der Waals surface area contributed by atoms with Crippen LogP contribution in [-0.2, 0) is 9.53 Å².